The Morgan fingerprint density at radius 3 is 3.00 bits per heavy atom. The number of carbonyl (C=O) groups excluding carboxylic acids is 1. The third kappa shape index (κ3) is 1.52. The molecule has 1 aliphatic rings. The summed E-state index contributed by atoms with van der Waals surface area (Å²) in [5.41, 5.74) is -0.675. The molecule has 0 aromatic rings. The van der Waals surface area contributed by atoms with Crippen LogP contribution in [0.4, 0.5) is 0 Å². The first kappa shape index (κ1) is 10.0. The van der Waals surface area contributed by atoms with Crippen molar-refractivity contribution in [2.45, 2.75) is 24.9 Å². The van der Waals surface area contributed by atoms with E-state index in [0.717, 1.165) is 19.3 Å². The molecular weight excluding hydrogens is 164 g/mol. The summed E-state index contributed by atoms with van der Waals surface area (Å²) in [5, 5.41) is 0. The summed E-state index contributed by atoms with van der Waals surface area (Å²) in [4.78, 5) is 11.5. The van der Waals surface area contributed by atoms with Crippen molar-refractivity contribution in [1.82, 2.24) is 0 Å². The molecule has 0 aliphatic heterocycles. The van der Waals surface area contributed by atoms with Crippen LogP contribution in [0.25, 0.3) is 0 Å². The predicted octanol–water partition coefficient (Wildman–Crippen LogP) is 1.56. The van der Waals surface area contributed by atoms with E-state index in [1.54, 1.807) is 7.11 Å². The van der Waals surface area contributed by atoms with Crippen LogP contribution in [0, 0.1) is 18.3 Å². The quantitative estimate of drug-likeness (QED) is 0.484. The van der Waals surface area contributed by atoms with Gasteiger partial charge in [-0.3, -0.25) is 4.79 Å². The van der Waals surface area contributed by atoms with Crippen LogP contribution in [0.2, 0.25) is 0 Å². The Bertz CT molecular complexity index is 262. The van der Waals surface area contributed by atoms with Crippen LogP contribution < -0.4 is 0 Å². The van der Waals surface area contributed by atoms with Crippen molar-refractivity contribution in [3.8, 4) is 12.3 Å². The van der Waals surface area contributed by atoms with Crippen molar-refractivity contribution >= 4 is 5.78 Å². The van der Waals surface area contributed by atoms with Crippen molar-refractivity contribution in [1.29, 1.82) is 0 Å². The van der Waals surface area contributed by atoms with Gasteiger partial charge in [0.1, 0.15) is 5.60 Å². The van der Waals surface area contributed by atoms with Crippen LogP contribution in [0.5, 0.6) is 0 Å². The molecule has 0 spiro atoms. The monoisotopic (exact) mass is 178 g/mol. The molecule has 0 amide bonds. The van der Waals surface area contributed by atoms with E-state index in [-0.39, 0.29) is 11.7 Å². The van der Waals surface area contributed by atoms with Gasteiger partial charge in [-0.1, -0.05) is 12.5 Å². The van der Waals surface area contributed by atoms with Crippen molar-refractivity contribution in [2.24, 2.45) is 5.92 Å². The number of ketones is 1. The molecule has 1 fully saturated rings. The number of methoxy groups -OCH3 is 1. The van der Waals surface area contributed by atoms with Crippen molar-refractivity contribution in [3.05, 3.63) is 12.7 Å². The Labute approximate surface area is 79.0 Å². The van der Waals surface area contributed by atoms with E-state index in [1.165, 1.54) is 6.08 Å². The lowest BCUT2D eigenvalue weighted by Crippen LogP contribution is -2.37. The topological polar surface area (TPSA) is 26.3 Å². The predicted molar refractivity (Wildman–Crippen MR) is 51.1 cm³/mol. The third-order valence-electron chi connectivity index (χ3n) is 2.76. The number of rotatable bonds is 3. The summed E-state index contributed by atoms with van der Waals surface area (Å²) in [6.45, 7) is 3.47. The lowest BCUT2D eigenvalue weighted by Gasteiger charge is -2.26. The second kappa shape index (κ2) is 3.76. The molecule has 0 heterocycles. The van der Waals surface area contributed by atoms with E-state index in [2.05, 4.69) is 12.5 Å². The van der Waals surface area contributed by atoms with E-state index >= 15 is 0 Å². The van der Waals surface area contributed by atoms with Gasteiger partial charge in [0, 0.05) is 7.11 Å². The van der Waals surface area contributed by atoms with Crippen molar-refractivity contribution in [2.75, 3.05) is 7.11 Å². The van der Waals surface area contributed by atoms with Gasteiger partial charge in [0.2, 0.25) is 0 Å². The van der Waals surface area contributed by atoms with Gasteiger partial charge in [-0.25, -0.2) is 0 Å². The molecule has 0 unspecified atom stereocenters. The number of hydrogen-bond donors (Lipinski definition) is 0. The summed E-state index contributed by atoms with van der Waals surface area (Å²) >= 11 is 0. The van der Waals surface area contributed by atoms with Gasteiger partial charge >= 0.3 is 0 Å². The molecule has 0 bridgehead atoms. The van der Waals surface area contributed by atoms with Gasteiger partial charge in [-0.15, -0.1) is 6.42 Å². The van der Waals surface area contributed by atoms with Crippen LogP contribution in [0.15, 0.2) is 12.7 Å². The standard InChI is InChI=1S/C11H14O2/c1-4-10(12)9-7-6-8-11(9,5-2)13-3/h2,4,9H,1,6-8H2,3H3/t9-,11-/m1/s1. The lowest BCUT2D eigenvalue weighted by molar-refractivity contribution is -0.124. The first-order valence-electron chi connectivity index (χ1n) is 4.39. The molecule has 2 atom stereocenters. The zero-order valence-electron chi connectivity index (χ0n) is 7.88. The number of allylic oxidation sites excluding steroid dienone is 1. The Morgan fingerprint density at radius 2 is 2.54 bits per heavy atom. The molecule has 1 rings (SSSR count). The maximum Gasteiger partial charge on any atom is 0.162 e. The molecule has 0 N–H and O–H groups in total. The average Bonchev–Trinajstić information content (AvgIpc) is 2.60. The third-order valence-corrected chi connectivity index (χ3v) is 2.76. The van der Waals surface area contributed by atoms with Gasteiger partial charge in [0.05, 0.1) is 5.92 Å². The van der Waals surface area contributed by atoms with Gasteiger partial charge in [-0.2, -0.15) is 0 Å². The molecule has 0 radical (unpaired) electrons. The molecule has 2 nitrogen and oxygen atoms in total. The van der Waals surface area contributed by atoms with Gasteiger partial charge in [0.25, 0.3) is 0 Å². The van der Waals surface area contributed by atoms with Crippen LogP contribution in [0.1, 0.15) is 19.3 Å². The van der Waals surface area contributed by atoms with Crippen molar-refractivity contribution < 1.29 is 9.53 Å². The molecule has 70 valence electrons. The summed E-state index contributed by atoms with van der Waals surface area (Å²) in [7, 11) is 1.56. The van der Waals surface area contributed by atoms with E-state index in [0.29, 0.717) is 0 Å². The maximum absolute atomic E-state index is 11.5. The summed E-state index contributed by atoms with van der Waals surface area (Å²) in [6, 6.07) is 0. The second-order valence-corrected chi connectivity index (χ2v) is 3.29. The van der Waals surface area contributed by atoms with Gasteiger partial charge < -0.3 is 4.74 Å². The minimum atomic E-state index is -0.675. The molecule has 2 heteroatoms. The minimum Gasteiger partial charge on any atom is -0.365 e. The molecule has 0 aromatic heterocycles. The van der Waals surface area contributed by atoms with E-state index in [1.807, 2.05) is 0 Å². The molecular formula is C11H14O2. The highest BCUT2D eigenvalue weighted by molar-refractivity contribution is 5.92. The Kier molecular flexibility index (Phi) is 2.90. The summed E-state index contributed by atoms with van der Waals surface area (Å²) < 4.78 is 5.28. The zero-order chi connectivity index (χ0) is 9.90. The van der Waals surface area contributed by atoms with Gasteiger partial charge in [-0.05, 0) is 25.3 Å². The largest absolute Gasteiger partial charge is 0.365 e. The Morgan fingerprint density at radius 1 is 1.85 bits per heavy atom. The number of hydrogen-bond acceptors (Lipinski definition) is 2. The maximum atomic E-state index is 11.5. The Hall–Kier alpha value is -1.07. The Balaban J connectivity index is 2.91. The fraction of sp³-hybridized carbons (Fsp3) is 0.545. The fourth-order valence-electron chi connectivity index (χ4n) is 1.97. The normalized spacial score (nSPS) is 32.5. The van der Waals surface area contributed by atoms with Crippen LogP contribution in [-0.4, -0.2) is 18.5 Å². The second-order valence-electron chi connectivity index (χ2n) is 3.29. The number of carbonyl (C=O) groups is 1. The number of ether oxygens (including phenoxy) is 1. The molecule has 13 heavy (non-hydrogen) atoms. The highest BCUT2D eigenvalue weighted by atomic mass is 16.5. The molecule has 1 saturated carbocycles. The van der Waals surface area contributed by atoms with E-state index in [4.69, 9.17) is 11.2 Å². The van der Waals surface area contributed by atoms with Crippen LogP contribution >= 0.6 is 0 Å². The molecule has 1 aliphatic carbocycles. The van der Waals surface area contributed by atoms with Crippen molar-refractivity contribution in [3.63, 3.8) is 0 Å². The summed E-state index contributed by atoms with van der Waals surface area (Å²) in [6.07, 6.45) is 9.26. The first-order chi connectivity index (χ1) is 6.20. The number of terminal acetylenes is 1. The molecule has 0 saturated heterocycles. The zero-order valence-corrected chi connectivity index (χ0v) is 7.88. The first-order valence-corrected chi connectivity index (χ1v) is 4.39. The average molecular weight is 178 g/mol. The lowest BCUT2D eigenvalue weighted by atomic mass is 9.88. The highest BCUT2D eigenvalue weighted by Gasteiger charge is 2.44. The SMILES string of the molecule is C#C[C@@]1(OC)CCC[C@@H]1C(=O)C=C. The summed E-state index contributed by atoms with van der Waals surface area (Å²) in [5.74, 6) is 2.40. The van der Waals surface area contributed by atoms with Gasteiger partial charge in [0.15, 0.2) is 5.78 Å². The van der Waals surface area contributed by atoms with E-state index < -0.39 is 5.60 Å². The smallest absolute Gasteiger partial charge is 0.162 e. The van der Waals surface area contributed by atoms with Crippen LogP contribution in [0.3, 0.4) is 0 Å². The molecule has 0 aromatic carbocycles. The minimum absolute atomic E-state index is 0.00250. The van der Waals surface area contributed by atoms with E-state index in [9.17, 15) is 4.79 Å². The van der Waals surface area contributed by atoms with Crippen LogP contribution in [-0.2, 0) is 9.53 Å². The fourth-order valence-corrected chi connectivity index (χ4v) is 1.97. The highest BCUT2D eigenvalue weighted by Crippen LogP contribution is 2.38.